The van der Waals surface area contributed by atoms with Crippen LogP contribution >= 0.6 is 11.3 Å². The van der Waals surface area contributed by atoms with E-state index in [1.165, 1.54) is 13.2 Å². The minimum Gasteiger partial charge on any atom is -0.465 e. The van der Waals surface area contributed by atoms with Crippen LogP contribution in [0.15, 0.2) is 42.5 Å². The van der Waals surface area contributed by atoms with Crippen LogP contribution in [-0.4, -0.2) is 24.9 Å². The van der Waals surface area contributed by atoms with Gasteiger partial charge in [0.15, 0.2) is 0 Å². The van der Waals surface area contributed by atoms with Gasteiger partial charge in [-0.1, -0.05) is 23.8 Å². The molecule has 0 aliphatic carbocycles. The summed E-state index contributed by atoms with van der Waals surface area (Å²) in [7, 11) is 1.25. The smallest absolute Gasteiger partial charge is 0.341 e. The molecule has 2 amide bonds. The van der Waals surface area contributed by atoms with Gasteiger partial charge in [-0.2, -0.15) is 0 Å². The molecule has 0 radical (unpaired) electrons. The summed E-state index contributed by atoms with van der Waals surface area (Å²) in [5.41, 5.74) is 9.79. The van der Waals surface area contributed by atoms with Crippen molar-refractivity contribution in [2.24, 2.45) is 0 Å². The molecule has 0 atom stereocenters. The Hall–Kier alpha value is -3.65. The largest absolute Gasteiger partial charge is 0.465 e. The molecule has 0 aliphatic rings. The van der Waals surface area contributed by atoms with Crippen LogP contribution in [0.25, 0.3) is 0 Å². The first kappa shape index (κ1) is 22.0. The van der Waals surface area contributed by atoms with Crippen molar-refractivity contribution in [3.63, 3.8) is 0 Å². The van der Waals surface area contributed by atoms with E-state index in [9.17, 15) is 14.4 Å². The number of carbonyl (C=O) groups excluding carboxylic acids is 3. The highest BCUT2D eigenvalue weighted by molar-refractivity contribution is 7.19. The molecular weight excluding hydrogens is 414 g/mol. The van der Waals surface area contributed by atoms with Crippen molar-refractivity contribution in [2.45, 2.75) is 20.8 Å². The number of nitrogens with one attached hydrogen (secondary N) is 2. The molecule has 1 heterocycles. The highest BCUT2D eigenvalue weighted by Crippen LogP contribution is 2.35. The lowest BCUT2D eigenvalue weighted by atomic mass is 10.1. The Balaban J connectivity index is 1.95. The number of nitrogen functional groups attached to an aromatic ring is 1. The van der Waals surface area contributed by atoms with Crippen molar-refractivity contribution >= 4 is 45.5 Å². The molecule has 31 heavy (non-hydrogen) atoms. The molecule has 0 spiro atoms. The van der Waals surface area contributed by atoms with Crippen molar-refractivity contribution < 1.29 is 19.1 Å². The van der Waals surface area contributed by atoms with E-state index >= 15 is 0 Å². The standard InChI is InChI=1S/C23H23N3O4S/c1-12-8-9-17(13(2)10-12)25-21(28)19-14(3)18(23(29)30-4)22(31-19)26-20(27)15-6-5-7-16(24)11-15/h5-11H,24H2,1-4H3,(H,25,28)(H,26,27). The Morgan fingerprint density at radius 1 is 0.968 bits per heavy atom. The second-order valence-corrected chi connectivity index (χ2v) is 8.12. The molecular formula is C23H23N3O4S. The normalized spacial score (nSPS) is 10.5. The summed E-state index contributed by atoms with van der Waals surface area (Å²) in [5, 5.41) is 5.82. The number of esters is 1. The fraction of sp³-hybridized carbons (Fsp3) is 0.174. The highest BCUT2D eigenvalue weighted by Gasteiger charge is 2.27. The monoisotopic (exact) mass is 437 g/mol. The number of benzene rings is 2. The first-order chi connectivity index (χ1) is 14.7. The van der Waals surface area contributed by atoms with Crippen molar-refractivity contribution in [1.29, 1.82) is 0 Å². The molecule has 8 heteroatoms. The summed E-state index contributed by atoms with van der Waals surface area (Å²) >= 11 is 1.02. The van der Waals surface area contributed by atoms with Gasteiger partial charge in [-0.25, -0.2) is 4.79 Å². The van der Waals surface area contributed by atoms with Gasteiger partial charge in [-0.15, -0.1) is 11.3 Å². The Morgan fingerprint density at radius 2 is 1.71 bits per heavy atom. The van der Waals surface area contributed by atoms with Crippen LogP contribution in [0.4, 0.5) is 16.4 Å². The quantitative estimate of drug-likeness (QED) is 0.401. The lowest BCUT2D eigenvalue weighted by Gasteiger charge is -2.08. The van der Waals surface area contributed by atoms with E-state index < -0.39 is 11.9 Å². The average Bonchev–Trinajstić information content (AvgIpc) is 3.05. The molecule has 4 N–H and O–H groups in total. The number of nitrogens with two attached hydrogens (primary N) is 1. The number of anilines is 3. The molecule has 3 rings (SSSR count). The molecule has 0 saturated heterocycles. The van der Waals surface area contributed by atoms with Crippen LogP contribution in [-0.2, 0) is 4.74 Å². The van der Waals surface area contributed by atoms with Crippen LogP contribution in [0, 0.1) is 20.8 Å². The van der Waals surface area contributed by atoms with Crippen molar-refractivity contribution in [1.82, 2.24) is 0 Å². The van der Waals surface area contributed by atoms with E-state index in [0.717, 1.165) is 22.5 Å². The molecule has 7 nitrogen and oxygen atoms in total. The summed E-state index contributed by atoms with van der Waals surface area (Å²) in [6, 6.07) is 12.2. The van der Waals surface area contributed by atoms with E-state index in [4.69, 9.17) is 10.5 Å². The van der Waals surface area contributed by atoms with Crippen LogP contribution in [0.3, 0.4) is 0 Å². The zero-order chi connectivity index (χ0) is 22.7. The van der Waals surface area contributed by atoms with Crippen molar-refractivity contribution in [3.8, 4) is 0 Å². The van der Waals surface area contributed by atoms with E-state index in [2.05, 4.69) is 10.6 Å². The molecule has 0 bridgehead atoms. The maximum atomic E-state index is 13.0. The molecule has 0 unspecified atom stereocenters. The number of methoxy groups -OCH3 is 1. The first-order valence-corrected chi connectivity index (χ1v) is 10.3. The third-order valence-electron chi connectivity index (χ3n) is 4.75. The predicted octanol–water partition coefficient (Wildman–Crippen LogP) is 4.55. The molecule has 0 fully saturated rings. The third kappa shape index (κ3) is 4.75. The van der Waals surface area contributed by atoms with Gasteiger partial charge in [0.05, 0.1) is 17.6 Å². The summed E-state index contributed by atoms with van der Waals surface area (Å²) in [4.78, 5) is 38.3. The number of carbonyl (C=O) groups is 3. The zero-order valence-electron chi connectivity index (χ0n) is 17.7. The number of ether oxygens (including phenoxy) is 1. The Bertz CT molecular complexity index is 1180. The van der Waals surface area contributed by atoms with E-state index in [0.29, 0.717) is 27.4 Å². The maximum Gasteiger partial charge on any atom is 0.341 e. The highest BCUT2D eigenvalue weighted by atomic mass is 32.1. The van der Waals surface area contributed by atoms with Gasteiger partial charge in [0.2, 0.25) is 0 Å². The van der Waals surface area contributed by atoms with E-state index in [1.807, 2.05) is 32.0 Å². The maximum absolute atomic E-state index is 13.0. The van der Waals surface area contributed by atoms with Crippen molar-refractivity contribution in [3.05, 3.63) is 75.2 Å². The minimum absolute atomic E-state index is 0.149. The Morgan fingerprint density at radius 3 is 2.35 bits per heavy atom. The Kier molecular flexibility index (Phi) is 6.41. The second-order valence-electron chi connectivity index (χ2n) is 7.10. The minimum atomic E-state index is -0.637. The lowest BCUT2D eigenvalue weighted by molar-refractivity contribution is 0.0601. The zero-order valence-corrected chi connectivity index (χ0v) is 18.5. The Labute approximate surface area is 184 Å². The molecule has 3 aromatic rings. The van der Waals surface area contributed by atoms with E-state index in [1.54, 1.807) is 25.1 Å². The SMILES string of the molecule is COC(=O)c1c(NC(=O)c2cccc(N)c2)sc(C(=O)Nc2ccc(C)cc2C)c1C. The number of rotatable bonds is 5. The summed E-state index contributed by atoms with van der Waals surface area (Å²) in [6.45, 7) is 5.52. The van der Waals surface area contributed by atoms with Crippen LogP contribution in [0.2, 0.25) is 0 Å². The van der Waals surface area contributed by atoms with Crippen LogP contribution in [0.1, 0.15) is 47.1 Å². The number of hydrogen-bond donors (Lipinski definition) is 3. The summed E-state index contributed by atoms with van der Waals surface area (Å²) in [5.74, 6) is -1.45. The number of thiophene rings is 1. The fourth-order valence-electron chi connectivity index (χ4n) is 3.15. The lowest BCUT2D eigenvalue weighted by Crippen LogP contribution is -2.14. The van der Waals surface area contributed by atoms with E-state index in [-0.39, 0.29) is 16.5 Å². The number of amides is 2. The topological polar surface area (TPSA) is 111 Å². The van der Waals surface area contributed by atoms with Gasteiger partial charge in [0, 0.05) is 16.9 Å². The van der Waals surface area contributed by atoms with Gasteiger partial charge in [0.1, 0.15) is 5.00 Å². The van der Waals surface area contributed by atoms with Gasteiger partial charge in [0.25, 0.3) is 11.8 Å². The van der Waals surface area contributed by atoms with Gasteiger partial charge in [-0.05, 0) is 56.2 Å². The molecule has 0 saturated carbocycles. The molecule has 160 valence electrons. The first-order valence-electron chi connectivity index (χ1n) is 9.48. The fourth-order valence-corrected chi connectivity index (χ4v) is 4.24. The number of aryl methyl sites for hydroxylation is 2. The molecule has 2 aromatic carbocycles. The van der Waals surface area contributed by atoms with Gasteiger partial charge >= 0.3 is 5.97 Å². The second kappa shape index (κ2) is 9.01. The third-order valence-corrected chi connectivity index (χ3v) is 5.95. The van der Waals surface area contributed by atoms with Crippen LogP contribution < -0.4 is 16.4 Å². The van der Waals surface area contributed by atoms with Crippen molar-refractivity contribution in [2.75, 3.05) is 23.5 Å². The van der Waals surface area contributed by atoms with Gasteiger partial charge < -0.3 is 21.1 Å². The summed E-state index contributed by atoms with van der Waals surface area (Å²) in [6.07, 6.45) is 0. The number of hydrogen-bond acceptors (Lipinski definition) is 6. The summed E-state index contributed by atoms with van der Waals surface area (Å²) < 4.78 is 4.87. The average molecular weight is 438 g/mol. The van der Waals surface area contributed by atoms with Crippen LogP contribution in [0.5, 0.6) is 0 Å². The predicted molar refractivity (Wildman–Crippen MR) is 123 cm³/mol. The van der Waals surface area contributed by atoms with Gasteiger partial charge in [-0.3, -0.25) is 9.59 Å². The molecule has 1 aromatic heterocycles. The molecule has 0 aliphatic heterocycles.